The van der Waals surface area contributed by atoms with Gasteiger partial charge in [0.2, 0.25) is 5.11 Å². The minimum Gasteiger partial charge on any atom is -0.346 e. The van der Waals surface area contributed by atoms with Crippen molar-refractivity contribution in [2.45, 2.75) is 18.7 Å². The van der Waals surface area contributed by atoms with Gasteiger partial charge in [-0.3, -0.25) is 4.72 Å². The maximum Gasteiger partial charge on any atom is 0.263 e. The zero-order chi connectivity index (χ0) is 16.9. The summed E-state index contributed by atoms with van der Waals surface area (Å²) >= 11 is 4.94. The van der Waals surface area contributed by atoms with Gasteiger partial charge in [-0.05, 0) is 50.3 Å². The van der Waals surface area contributed by atoms with E-state index >= 15 is 0 Å². The van der Waals surface area contributed by atoms with Crippen LogP contribution in [0.3, 0.4) is 0 Å². The molecule has 0 saturated heterocycles. The molecule has 7 heteroatoms. The van der Waals surface area contributed by atoms with Gasteiger partial charge in [-0.25, -0.2) is 13.4 Å². The number of hydrogen-bond donors (Lipinski definition) is 2. The molecule has 0 aliphatic carbocycles. The van der Waals surface area contributed by atoms with Crippen LogP contribution in [0.1, 0.15) is 11.1 Å². The molecule has 0 atom stereocenters. The van der Waals surface area contributed by atoms with Gasteiger partial charge in [-0.1, -0.05) is 35.4 Å². The Balaban J connectivity index is 1.96. The number of anilines is 1. The molecule has 2 aromatic carbocycles. The zero-order valence-corrected chi connectivity index (χ0v) is 14.4. The highest BCUT2D eigenvalue weighted by Crippen LogP contribution is 2.10. The summed E-state index contributed by atoms with van der Waals surface area (Å²) < 4.78 is 26.5. The Morgan fingerprint density at radius 1 is 1.00 bits per heavy atom. The van der Waals surface area contributed by atoms with E-state index in [2.05, 4.69) is 15.0 Å². The maximum atomic E-state index is 12.1. The van der Waals surface area contributed by atoms with Crippen molar-refractivity contribution in [2.75, 3.05) is 5.32 Å². The Hall–Kier alpha value is -2.25. The highest BCUT2D eigenvalue weighted by atomic mass is 32.2. The van der Waals surface area contributed by atoms with Crippen LogP contribution in [0.15, 0.2) is 58.4 Å². The normalized spacial score (nSPS) is 11.4. The van der Waals surface area contributed by atoms with E-state index in [0.717, 1.165) is 16.8 Å². The van der Waals surface area contributed by atoms with Gasteiger partial charge in [-0.15, -0.1) is 0 Å². The average molecular weight is 347 g/mol. The summed E-state index contributed by atoms with van der Waals surface area (Å²) in [5.74, 6) is 0. The summed E-state index contributed by atoms with van der Waals surface area (Å²) in [5, 5.41) is 2.79. The van der Waals surface area contributed by atoms with Crippen LogP contribution < -0.4 is 10.0 Å². The van der Waals surface area contributed by atoms with Gasteiger partial charge in [0.25, 0.3) is 10.0 Å². The summed E-state index contributed by atoms with van der Waals surface area (Å²) in [6.45, 7) is 3.88. The molecule has 0 unspecified atom stereocenters. The van der Waals surface area contributed by atoms with Crippen LogP contribution in [-0.2, 0) is 10.0 Å². The van der Waals surface area contributed by atoms with E-state index in [1.165, 1.54) is 18.5 Å². The number of benzene rings is 2. The second kappa shape index (κ2) is 7.34. The van der Waals surface area contributed by atoms with Crippen molar-refractivity contribution in [3.63, 3.8) is 0 Å². The summed E-state index contributed by atoms with van der Waals surface area (Å²) in [5.41, 5.74) is 2.96. The smallest absolute Gasteiger partial charge is 0.263 e. The summed E-state index contributed by atoms with van der Waals surface area (Å²) in [6, 6.07) is 14.2. The number of nitrogens with zero attached hydrogens (tertiary/aromatic N) is 1. The van der Waals surface area contributed by atoms with Crippen molar-refractivity contribution >= 4 is 39.4 Å². The first-order valence-corrected chi connectivity index (χ1v) is 8.75. The van der Waals surface area contributed by atoms with Gasteiger partial charge in [0.1, 0.15) is 0 Å². The lowest BCUT2D eigenvalue weighted by Gasteiger charge is -2.06. The molecule has 0 spiro atoms. The molecule has 0 bridgehead atoms. The molecule has 120 valence electrons. The lowest BCUT2D eigenvalue weighted by atomic mass is 10.2. The predicted octanol–water partition coefficient (Wildman–Crippen LogP) is 3.01. The SMILES string of the molecule is Cc1ccc(N/C=N\C(=S)NS(=O)(=O)c2ccc(C)cc2)cc1. The Bertz CT molecular complexity index is 811. The number of aliphatic imine (C=N–C) groups is 1. The highest BCUT2D eigenvalue weighted by molar-refractivity contribution is 7.91. The molecule has 0 saturated carbocycles. The van der Waals surface area contributed by atoms with Gasteiger partial charge in [-0.2, -0.15) is 0 Å². The molecular weight excluding hydrogens is 330 g/mol. The molecule has 0 fully saturated rings. The third-order valence-corrected chi connectivity index (χ3v) is 4.71. The standard InChI is InChI=1S/C16H17N3O2S2/c1-12-3-7-14(8-4-12)17-11-18-16(22)19-23(20,21)15-9-5-13(2)6-10-15/h3-11H,1-2H3,(H2,17,18,19,22). The predicted molar refractivity (Wildman–Crippen MR) is 97.4 cm³/mol. The molecule has 0 amide bonds. The summed E-state index contributed by atoms with van der Waals surface area (Å²) in [6.07, 6.45) is 1.35. The summed E-state index contributed by atoms with van der Waals surface area (Å²) in [4.78, 5) is 4.02. The van der Waals surface area contributed by atoms with E-state index < -0.39 is 10.0 Å². The molecule has 0 aromatic heterocycles. The van der Waals surface area contributed by atoms with Crippen molar-refractivity contribution in [3.8, 4) is 0 Å². The van der Waals surface area contributed by atoms with Gasteiger partial charge in [0.15, 0.2) is 0 Å². The fourth-order valence-electron chi connectivity index (χ4n) is 1.73. The topological polar surface area (TPSA) is 70.6 Å². The van der Waals surface area contributed by atoms with Crippen LogP contribution in [0.4, 0.5) is 5.69 Å². The number of hydrogen-bond acceptors (Lipinski definition) is 3. The molecule has 2 N–H and O–H groups in total. The first kappa shape index (κ1) is 17.1. The van der Waals surface area contributed by atoms with E-state index in [1.54, 1.807) is 12.1 Å². The third kappa shape index (κ3) is 5.15. The van der Waals surface area contributed by atoms with E-state index in [-0.39, 0.29) is 10.0 Å². The lowest BCUT2D eigenvalue weighted by molar-refractivity contribution is 0.592. The van der Waals surface area contributed by atoms with Crippen LogP contribution >= 0.6 is 12.2 Å². The second-order valence-electron chi connectivity index (χ2n) is 4.99. The number of thiocarbonyl (C=S) groups is 1. The molecular formula is C16H17N3O2S2. The molecule has 2 aromatic rings. The van der Waals surface area contributed by atoms with E-state index in [1.807, 2.05) is 38.1 Å². The minimum absolute atomic E-state index is 0.134. The largest absolute Gasteiger partial charge is 0.346 e. The molecule has 0 aliphatic heterocycles. The minimum atomic E-state index is -3.71. The molecule has 23 heavy (non-hydrogen) atoms. The van der Waals surface area contributed by atoms with Crippen LogP contribution in [0, 0.1) is 13.8 Å². The monoisotopic (exact) mass is 347 g/mol. The maximum absolute atomic E-state index is 12.1. The Morgan fingerprint density at radius 3 is 2.09 bits per heavy atom. The van der Waals surface area contributed by atoms with Crippen LogP contribution in [0.25, 0.3) is 0 Å². The van der Waals surface area contributed by atoms with Crippen molar-refractivity contribution in [1.29, 1.82) is 0 Å². The zero-order valence-electron chi connectivity index (χ0n) is 12.8. The second-order valence-corrected chi connectivity index (χ2v) is 7.06. The molecule has 0 aliphatic rings. The average Bonchev–Trinajstić information content (AvgIpc) is 2.49. The molecule has 0 heterocycles. The van der Waals surface area contributed by atoms with Crippen molar-refractivity contribution in [1.82, 2.24) is 4.72 Å². The van der Waals surface area contributed by atoms with Crippen LogP contribution in [0.2, 0.25) is 0 Å². The highest BCUT2D eigenvalue weighted by Gasteiger charge is 2.14. The van der Waals surface area contributed by atoms with Crippen molar-refractivity contribution < 1.29 is 8.42 Å². The fraction of sp³-hybridized carbons (Fsp3) is 0.125. The van der Waals surface area contributed by atoms with E-state index in [9.17, 15) is 8.42 Å². The van der Waals surface area contributed by atoms with Gasteiger partial charge in [0.05, 0.1) is 11.2 Å². The van der Waals surface area contributed by atoms with Crippen LogP contribution in [-0.4, -0.2) is 19.9 Å². The Labute approximate surface area is 141 Å². The number of sulfonamides is 1. The lowest BCUT2D eigenvalue weighted by Crippen LogP contribution is -2.28. The van der Waals surface area contributed by atoms with Crippen molar-refractivity contribution in [2.24, 2.45) is 4.99 Å². The quantitative estimate of drug-likeness (QED) is 0.507. The van der Waals surface area contributed by atoms with Crippen LogP contribution in [0.5, 0.6) is 0 Å². The van der Waals surface area contributed by atoms with E-state index in [0.29, 0.717) is 0 Å². The number of nitrogens with one attached hydrogen (secondary N) is 2. The molecule has 2 rings (SSSR count). The van der Waals surface area contributed by atoms with E-state index in [4.69, 9.17) is 12.2 Å². The van der Waals surface area contributed by atoms with Gasteiger partial charge in [0, 0.05) is 5.69 Å². The fourth-order valence-corrected chi connectivity index (χ4v) is 3.01. The van der Waals surface area contributed by atoms with Gasteiger partial charge >= 0.3 is 0 Å². The first-order chi connectivity index (χ1) is 10.9. The first-order valence-electron chi connectivity index (χ1n) is 6.86. The third-order valence-electron chi connectivity index (χ3n) is 3.02. The number of rotatable bonds is 4. The summed E-state index contributed by atoms with van der Waals surface area (Å²) in [7, 11) is -3.71. The molecule has 5 nitrogen and oxygen atoms in total. The molecule has 0 radical (unpaired) electrons. The Morgan fingerprint density at radius 2 is 1.52 bits per heavy atom. The van der Waals surface area contributed by atoms with Crippen molar-refractivity contribution in [3.05, 3.63) is 59.7 Å². The van der Waals surface area contributed by atoms with Gasteiger partial charge < -0.3 is 5.32 Å². The number of aryl methyl sites for hydroxylation is 2. The Kier molecular flexibility index (Phi) is 5.46.